The lowest BCUT2D eigenvalue weighted by Crippen LogP contribution is -2.47. The molecule has 11 nitrogen and oxygen atoms in total. The number of aliphatic hydroxyl groups excluding tert-OH is 1. The van der Waals surface area contributed by atoms with Gasteiger partial charge < -0.3 is 35.3 Å². The number of allylic oxidation sites excluding steroid dienone is 1. The Morgan fingerprint density at radius 2 is 1.38 bits per heavy atom. The normalized spacial score (nSPS) is 13.0. The van der Waals surface area contributed by atoms with Gasteiger partial charge in [0, 0.05) is 12.5 Å². The van der Waals surface area contributed by atoms with Crippen LogP contribution in [0.3, 0.4) is 0 Å². The molecule has 0 fully saturated rings. The second-order valence-corrected chi connectivity index (χ2v) is 11.8. The Hall–Kier alpha value is -5.42. The topological polar surface area (TPSA) is 152 Å². The Morgan fingerprint density at radius 3 is 1.98 bits per heavy atom. The minimum absolute atomic E-state index is 0.0233. The molecule has 4 N–H and O–H groups in total. The van der Waals surface area contributed by atoms with Crippen LogP contribution in [0.1, 0.15) is 42.9 Å². The van der Waals surface area contributed by atoms with Gasteiger partial charge in [-0.25, -0.2) is 9.59 Å². The molecule has 0 bridgehead atoms. The number of hydrogen-bond donors (Lipinski definition) is 4. The predicted molar refractivity (Wildman–Crippen MR) is 190 cm³/mol. The van der Waals surface area contributed by atoms with E-state index >= 15 is 0 Å². The number of hydrogen-bond acceptors (Lipinski definition) is 8. The van der Waals surface area contributed by atoms with E-state index in [0.29, 0.717) is 12.4 Å². The van der Waals surface area contributed by atoms with Crippen LogP contribution in [-0.4, -0.2) is 60.3 Å². The summed E-state index contributed by atoms with van der Waals surface area (Å²) in [4.78, 5) is 51.7. The molecule has 0 aliphatic rings. The number of nitrogens with one attached hydrogen (secondary N) is 3. The van der Waals surface area contributed by atoms with Crippen LogP contribution in [0, 0.1) is 5.92 Å². The van der Waals surface area contributed by atoms with Gasteiger partial charge >= 0.3 is 12.1 Å². The molecular weight excluding hydrogens is 638 g/mol. The zero-order chi connectivity index (χ0) is 36.1. The molecule has 50 heavy (non-hydrogen) atoms. The molecule has 0 saturated carbocycles. The molecule has 266 valence electrons. The summed E-state index contributed by atoms with van der Waals surface area (Å²) in [6, 6.07) is 24.0. The van der Waals surface area contributed by atoms with E-state index in [9.17, 15) is 24.3 Å². The first-order valence-corrected chi connectivity index (χ1v) is 16.5. The molecule has 4 atom stereocenters. The number of benzene rings is 3. The van der Waals surface area contributed by atoms with Gasteiger partial charge in [0.1, 0.15) is 31.6 Å². The average molecular weight is 686 g/mol. The van der Waals surface area contributed by atoms with E-state index in [0.717, 1.165) is 16.7 Å². The number of carbonyl (C=O) groups is 4. The van der Waals surface area contributed by atoms with Crippen molar-refractivity contribution in [3.8, 4) is 5.75 Å². The maximum absolute atomic E-state index is 13.5. The van der Waals surface area contributed by atoms with Crippen LogP contribution >= 0.6 is 0 Å². The zero-order valence-electron chi connectivity index (χ0n) is 28.4. The fraction of sp³-hybridized carbons (Fsp3) is 0.333. The van der Waals surface area contributed by atoms with Gasteiger partial charge in [0.2, 0.25) is 11.8 Å². The van der Waals surface area contributed by atoms with E-state index in [1.54, 1.807) is 13.0 Å². The van der Waals surface area contributed by atoms with Gasteiger partial charge in [0.25, 0.3) is 0 Å². The highest BCUT2D eigenvalue weighted by Crippen LogP contribution is 2.17. The third kappa shape index (κ3) is 14.4. The first-order chi connectivity index (χ1) is 24.2. The van der Waals surface area contributed by atoms with Crippen molar-refractivity contribution in [2.75, 3.05) is 13.2 Å². The van der Waals surface area contributed by atoms with Crippen LogP contribution in [0.5, 0.6) is 5.75 Å². The number of rotatable bonds is 21. The SMILES string of the molecule is C=CCC(CC(=O)NC(C)CO)C(=O)NC(COC(=O)C(CC=C)NC(=O)OCc1ccccc1)Cc1ccc(OCc2ccccc2)cc1. The summed E-state index contributed by atoms with van der Waals surface area (Å²) in [5, 5.41) is 17.4. The molecule has 0 spiro atoms. The number of esters is 1. The molecule has 3 rings (SSSR count). The lowest BCUT2D eigenvalue weighted by molar-refractivity contribution is -0.147. The largest absolute Gasteiger partial charge is 0.489 e. The zero-order valence-corrected chi connectivity index (χ0v) is 28.4. The number of amides is 3. The lowest BCUT2D eigenvalue weighted by Gasteiger charge is -2.24. The smallest absolute Gasteiger partial charge is 0.408 e. The van der Waals surface area contributed by atoms with Crippen molar-refractivity contribution in [3.05, 3.63) is 127 Å². The summed E-state index contributed by atoms with van der Waals surface area (Å²) in [5.74, 6) is -1.63. The Labute approximate surface area is 293 Å². The summed E-state index contributed by atoms with van der Waals surface area (Å²) in [6.07, 6.45) is 2.71. The van der Waals surface area contributed by atoms with Gasteiger partial charge in [-0.05, 0) is 55.0 Å². The molecule has 11 heteroatoms. The van der Waals surface area contributed by atoms with E-state index in [-0.39, 0.29) is 51.4 Å². The molecule has 0 aromatic heterocycles. The summed E-state index contributed by atoms with van der Waals surface area (Å²) in [7, 11) is 0. The molecule has 0 aliphatic carbocycles. The van der Waals surface area contributed by atoms with Crippen LogP contribution in [0.2, 0.25) is 0 Å². The van der Waals surface area contributed by atoms with E-state index in [1.807, 2.05) is 84.9 Å². The lowest BCUT2D eigenvalue weighted by atomic mass is 9.98. The third-order valence-electron chi connectivity index (χ3n) is 7.55. The first-order valence-electron chi connectivity index (χ1n) is 16.5. The fourth-order valence-electron chi connectivity index (χ4n) is 4.88. The standard InChI is InChI=1S/C39H47N3O8/c1-4-12-32(23-36(44)40-28(3)24-43)37(45)41-33(22-29-18-20-34(21-19-29)48-25-30-14-8-6-9-15-30)27-49-38(46)35(13-5-2)42-39(47)50-26-31-16-10-7-11-17-31/h4-11,14-21,28,32-33,35,43H,1-2,12-13,22-27H2,3H3,(H,40,44)(H,41,45)(H,42,47). The van der Waals surface area contributed by atoms with Crippen molar-refractivity contribution in [1.29, 1.82) is 0 Å². The molecule has 3 aromatic rings. The molecule has 3 amide bonds. The van der Waals surface area contributed by atoms with E-state index in [1.165, 1.54) is 6.08 Å². The van der Waals surface area contributed by atoms with Gasteiger partial charge in [-0.1, -0.05) is 84.9 Å². The van der Waals surface area contributed by atoms with Crippen molar-refractivity contribution in [2.24, 2.45) is 5.92 Å². The van der Waals surface area contributed by atoms with Crippen molar-refractivity contribution < 1.29 is 38.5 Å². The minimum atomic E-state index is -1.07. The second-order valence-electron chi connectivity index (χ2n) is 11.8. The number of aliphatic hydroxyl groups is 1. The molecular formula is C39H47N3O8. The second kappa shape index (κ2) is 21.5. The molecule has 0 radical (unpaired) electrons. The summed E-state index contributed by atoms with van der Waals surface area (Å²) < 4.78 is 16.8. The van der Waals surface area contributed by atoms with Crippen LogP contribution in [0.15, 0.2) is 110 Å². The van der Waals surface area contributed by atoms with Gasteiger partial charge in [-0.15, -0.1) is 13.2 Å². The average Bonchev–Trinajstić information content (AvgIpc) is 3.13. The molecule has 4 unspecified atom stereocenters. The van der Waals surface area contributed by atoms with Gasteiger partial charge in [0.15, 0.2) is 0 Å². The third-order valence-corrected chi connectivity index (χ3v) is 7.55. The summed E-state index contributed by atoms with van der Waals surface area (Å²) >= 11 is 0. The van der Waals surface area contributed by atoms with Gasteiger partial charge in [0.05, 0.1) is 18.6 Å². The molecule has 0 saturated heterocycles. The van der Waals surface area contributed by atoms with E-state index < -0.39 is 42.0 Å². The summed E-state index contributed by atoms with van der Waals surface area (Å²) in [5.41, 5.74) is 2.65. The van der Waals surface area contributed by atoms with Crippen molar-refractivity contribution >= 4 is 23.9 Å². The summed E-state index contributed by atoms with van der Waals surface area (Å²) in [6.45, 7) is 9.02. The predicted octanol–water partition coefficient (Wildman–Crippen LogP) is 4.79. The van der Waals surface area contributed by atoms with E-state index in [4.69, 9.17) is 14.2 Å². The monoisotopic (exact) mass is 685 g/mol. The maximum Gasteiger partial charge on any atom is 0.408 e. The molecule has 0 heterocycles. The Morgan fingerprint density at radius 1 is 0.760 bits per heavy atom. The van der Waals surface area contributed by atoms with Gasteiger partial charge in [-0.2, -0.15) is 0 Å². The Balaban J connectivity index is 1.69. The maximum atomic E-state index is 13.5. The minimum Gasteiger partial charge on any atom is -0.489 e. The van der Waals surface area contributed by atoms with Crippen molar-refractivity contribution in [1.82, 2.24) is 16.0 Å². The highest BCUT2D eigenvalue weighted by Gasteiger charge is 2.27. The number of alkyl carbamates (subject to hydrolysis) is 1. The first kappa shape index (κ1) is 39.0. The Bertz CT molecular complexity index is 1520. The number of ether oxygens (including phenoxy) is 3. The fourth-order valence-corrected chi connectivity index (χ4v) is 4.88. The van der Waals surface area contributed by atoms with Crippen LogP contribution in [-0.2, 0) is 43.5 Å². The van der Waals surface area contributed by atoms with Crippen LogP contribution < -0.4 is 20.7 Å². The highest BCUT2D eigenvalue weighted by atomic mass is 16.6. The van der Waals surface area contributed by atoms with E-state index in [2.05, 4.69) is 29.1 Å². The van der Waals surface area contributed by atoms with Crippen LogP contribution in [0.25, 0.3) is 0 Å². The quantitative estimate of drug-likeness (QED) is 0.0924. The Kier molecular flexibility index (Phi) is 16.8. The van der Waals surface area contributed by atoms with Crippen molar-refractivity contribution in [2.45, 2.75) is 63.9 Å². The van der Waals surface area contributed by atoms with Gasteiger partial charge in [-0.3, -0.25) is 9.59 Å². The number of carbonyl (C=O) groups excluding carboxylic acids is 4. The highest BCUT2D eigenvalue weighted by molar-refractivity contribution is 5.86. The van der Waals surface area contributed by atoms with Crippen LogP contribution in [0.4, 0.5) is 4.79 Å². The van der Waals surface area contributed by atoms with Crippen molar-refractivity contribution in [3.63, 3.8) is 0 Å². The molecule has 0 aliphatic heterocycles. The molecule has 3 aromatic carbocycles.